The van der Waals surface area contributed by atoms with Crippen LogP contribution in [0.25, 0.3) is 0 Å². The van der Waals surface area contributed by atoms with Gasteiger partial charge in [0.1, 0.15) is 5.82 Å². The van der Waals surface area contributed by atoms with Crippen molar-refractivity contribution in [1.29, 1.82) is 0 Å². The number of nitro groups is 1. The second kappa shape index (κ2) is 5.87. The molecule has 1 saturated carbocycles. The molecule has 0 heterocycles. The molecule has 0 aromatic heterocycles. The maximum atomic E-state index is 13.3. The Morgan fingerprint density at radius 1 is 1.19 bits per heavy atom. The van der Waals surface area contributed by atoms with Gasteiger partial charge in [0.15, 0.2) is 0 Å². The smallest absolute Gasteiger partial charge is 0.381 e. The number of halogens is 4. The first-order valence-electron chi connectivity index (χ1n) is 6.55. The van der Waals surface area contributed by atoms with Gasteiger partial charge >= 0.3 is 6.18 Å². The zero-order valence-electron chi connectivity index (χ0n) is 11.0. The summed E-state index contributed by atoms with van der Waals surface area (Å²) in [5.74, 6) is -2.38. The molecule has 0 amide bonds. The van der Waals surface area contributed by atoms with Crippen molar-refractivity contribution in [2.45, 2.75) is 37.9 Å². The average molecular weight is 306 g/mol. The molecule has 1 N–H and O–H groups in total. The number of hydrogen-bond donors (Lipinski definition) is 1. The van der Waals surface area contributed by atoms with Gasteiger partial charge in [0.2, 0.25) is 0 Å². The van der Waals surface area contributed by atoms with Crippen LogP contribution in [0.1, 0.15) is 25.7 Å². The molecule has 2 rings (SSSR count). The Bertz CT molecular complexity index is 533. The van der Waals surface area contributed by atoms with Crippen LogP contribution in [0.2, 0.25) is 0 Å². The van der Waals surface area contributed by atoms with Gasteiger partial charge in [-0.05, 0) is 18.9 Å². The summed E-state index contributed by atoms with van der Waals surface area (Å²) in [4.78, 5) is 9.87. The zero-order chi connectivity index (χ0) is 15.6. The van der Waals surface area contributed by atoms with Crippen molar-refractivity contribution >= 4 is 11.4 Å². The number of nitrogens with zero attached hydrogens (tertiary/aromatic N) is 1. The molecule has 1 aliphatic carbocycles. The minimum atomic E-state index is -4.34. The maximum Gasteiger partial charge on any atom is 0.393 e. The normalized spacial score (nSPS) is 22.9. The van der Waals surface area contributed by atoms with Gasteiger partial charge in [-0.2, -0.15) is 13.2 Å². The fourth-order valence-electron chi connectivity index (χ4n) is 2.67. The Labute approximate surface area is 118 Å². The zero-order valence-corrected chi connectivity index (χ0v) is 11.0. The third-order valence-corrected chi connectivity index (χ3v) is 3.63. The number of benzene rings is 1. The Kier molecular flexibility index (Phi) is 4.34. The van der Waals surface area contributed by atoms with E-state index >= 15 is 0 Å². The average Bonchev–Trinajstić information content (AvgIpc) is 2.37. The van der Waals surface area contributed by atoms with Crippen LogP contribution in [0.5, 0.6) is 0 Å². The van der Waals surface area contributed by atoms with Crippen molar-refractivity contribution in [2.24, 2.45) is 5.92 Å². The van der Waals surface area contributed by atoms with Crippen molar-refractivity contribution in [3.05, 3.63) is 34.1 Å². The van der Waals surface area contributed by atoms with E-state index in [0.717, 1.165) is 18.2 Å². The summed E-state index contributed by atoms with van der Waals surface area (Å²) in [5.41, 5.74) is -0.486. The third-order valence-electron chi connectivity index (χ3n) is 3.63. The first-order chi connectivity index (χ1) is 9.77. The highest BCUT2D eigenvalue weighted by atomic mass is 19.4. The van der Waals surface area contributed by atoms with E-state index in [1.54, 1.807) is 0 Å². The van der Waals surface area contributed by atoms with Gasteiger partial charge < -0.3 is 5.32 Å². The van der Waals surface area contributed by atoms with Crippen LogP contribution in [0.4, 0.5) is 28.9 Å². The number of anilines is 1. The molecule has 2 atom stereocenters. The minimum Gasteiger partial charge on any atom is -0.381 e. The molecule has 116 valence electrons. The number of rotatable bonds is 3. The highest BCUT2D eigenvalue weighted by molar-refractivity contribution is 5.52. The predicted molar refractivity (Wildman–Crippen MR) is 68.5 cm³/mol. The van der Waals surface area contributed by atoms with Gasteiger partial charge in [-0.25, -0.2) is 4.39 Å². The number of nitro benzene ring substituents is 1. The summed E-state index contributed by atoms with van der Waals surface area (Å²) < 4.78 is 52.2. The summed E-state index contributed by atoms with van der Waals surface area (Å²) >= 11 is 0. The molecule has 1 aromatic carbocycles. The molecule has 0 radical (unpaired) electrons. The van der Waals surface area contributed by atoms with E-state index < -0.39 is 34.6 Å². The summed E-state index contributed by atoms with van der Waals surface area (Å²) in [7, 11) is 0. The van der Waals surface area contributed by atoms with Gasteiger partial charge in [0, 0.05) is 17.8 Å². The molecule has 0 aliphatic heterocycles. The van der Waals surface area contributed by atoms with Crippen LogP contribution >= 0.6 is 0 Å². The monoisotopic (exact) mass is 306 g/mol. The molecule has 21 heavy (non-hydrogen) atoms. The van der Waals surface area contributed by atoms with Gasteiger partial charge in [-0.3, -0.25) is 10.1 Å². The van der Waals surface area contributed by atoms with Crippen LogP contribution in [-0.4, -0.2) is 17.1 Å². The van der Waals surface area contributed by atoms with E-state index in [0.29, 0.717) is 19.3 Å². The molecular weight excluding hydrogens is 292 g/mol. The lowest BCUT2D eigenvalue weighted by molar-refractivity contribution is -0.385. The van der Waals surface area contributed by atoms with Crippen molar-refractivity contribution in [3.8, 4) is 0 Å². The first kappa shape index (κ1) is 15.5. The molecule has 1 fully saturated rings. The van der Waals surface area contributed by atoms with E-state index in [-0.39, 0.29) is 12.1 Å². The fourth-order valence-corrected chi connectivity index (χ4v) is 2.67. The Hall–Kier alpha value is -1.86. The van der Waals surface area contributed by atoms with Crippen LogP contribution in [0.3, 0.4) is 0 Å². The maximum absolute atomic E-state index is 13.3. The molecule has 0 saturated heterocycles. The quantitative estimate of drug-likeness (QED) is 0.515. The Morgan fingerprint density at radius 3 is 2.48 bits per heavy atom. The van der Waals surface area contributed by atoms with Crippen molar-refractivity contribution in [2.75, 3.05) is 5.32 Å². The number of non-ortho nitro benzene ring substituents is 1. The Balaban J connectivity index is 2.21. The lowest BCUT2D eigenvalue weighted by Gasteiger charge is -2.34. The molecule has 1 aromatic rings. The van der Waals surface area contributed by atoms with Crippen LogP contribution in [-0.2, 0) is 0 Å². The largest absolute Gasteiger partial charge is 0.393 e. The van der Waals surface area contributed by atoms with Crippen molar-refractivity contribution in [3.63, 3.8) is 0 Å². The summed E-state index contributed by atoms with van der Waals surface area (Å²) in [6.07, 6.45) is -2.89. The van der Waals surface area contributed by atoms with E-state index in [1.807, 2.05) is 0 Å². The van der Waals surface area contributed by atoms with Crippen molar-refractivity contribution < 1.29 is 22.5 Å². The highest BCUT2D eigenvalue weighted by Gasteiger charge is 2.45. The van der Waals surface area contributed by atoms with Crippen LogP contribution in [0, 0.1) is 21.8 Å². The molecule has 0 bridgehead atoms. The summed E-state index contributed by atoms with van der Waals surface area (Å²) in [6.45, 7) is 0. The molecule has 1 aliphatic rings. The highest BCUT2D eigenvalue weighted by Crippen LogP contribution is 2.39. The second-order valence-electron chi connectivity index (χ2n) is 5.14. The van der Waals surface area contributed by atoms with E-state index in [4.69, 9.17) is 0 Å². The van der Waals surface area contributed by atoms with Gasteiger partial charge in [-0.15, -0.1) is 0 Å². The van der Waals surface area contributed by atoms with E-state index in [2.05, 4.69) is 5.32 Å². The molecule has 8 heteroatoms. The third kappa shape index (κ3) is 3.83. The Morgan fingerprint density at radius 2 is 1.86 bits per heavy atom. The van der Waals surface area contributed by atoms with Crippen LogP contribution < -0.4 is 5.32 Å². The standard InChI is InChI=1S/C13H14F4N2O2/c14-8-5-9(7-10(6-8)19(20)21)18-12-4-2-1-3-11(12)13(15,16)17/h5-7,11-12,18H,1-4H2. The van der Waals surface area contributed by atoms with Crippen molar-refractivity contribution in [1.82, 2.24) is 0 Å². The summed E-state index contributed by atoms with van der Waals surface area (Å²) in [6, 6.07) is 1.85. The topological polar surface area (TPSA) is 55.2 Å². The predicted octanol–water partition coefficient (Wildman–Crippen LogP) is 4.27. The summed E-state index contributed by atoms with van der Waals surface area (Å²) in [5, 5.41) is 13.3. The van der Waals surface area contributed by atoms with Crippen LogP contribution in [0.15, 0.2) is 18.2 Å². The molecule has 4 nitrogen and oxygen atoms in total. The van der Waals surface area contributed by atoms with E-state index in [9.17, 15) is 27.7 Å². The first-order valence-corrected chi connectivity index (χ1v) is 6.55. The fraction of sp³-hybridized carbons (Fsp3) is 0.538. The number of hydrogen-bond acceptors (Lipinski definition) is 3. The number of alkyl halides is 3. The lowest BCUT2D eigenvalue weighted by Crippen LogP contribution is -2.41. The number of nitrogens with one attached hydrogen (secondary N) is 1. The molecule has 0 spiro atoms. The lowest BCUT2D eigenvalue weighted by atomic mass is 9.84. The van der Waals surface area contributed by atoms with Gasteiger partial charge in [0.05, 0.1) is 16.9 Å². The molecule has 2 unspecified atom stereocenters. The van der Waals surface area contributed by atoms with Gasteiger partial charge in [0.25, 0.3) is 5.69 Å². The molecular formula is C13H14F4N2O2. The van der Waals surface area contributed by atoms with E-state index in [1.165, 1.54) is 0 Å². The minimum absolute atomic E-state index is 0.00264. The van der Waals surface area contributed by atoms with Gasteiger partial charge in [-0.1, -0.05) is 12.8 Å². The second-order valence-corrected chi connectivity index (χ2v) is 5.14. The SMILES string of the molecule is O=[N+]([O-])c1cc(F)cc(NC2CCCCC2C(F)(F)F)c1.